The smallest absolute Gasteiger partial charge is 0.325 e. The number of hydrogen-bond donors (Lipinski definition) is 2. The van der Waals surface area contributed by atoms with E-state index in [1.807, 2.05) is 42.5 Å². The zero-order valence-electron chi connectivity index (χ0n) is 15.7. The lowest BCUT2D eigenvalue weighted by Crippen LogP contribution is -2.44. The molecule has 2 aliphatic rings. The highest BCUT2D eigenvalue weighted by Crippen LogP contribution is 2.33. The van der Waals surface area contributed by atoms with Gasteiger partial charge in [0.1, 0.15) is 12.1 Å². The Bertz CT molecular complexity index is 933. The first-order chi connectivity index (χ1) is 13.5. The molecule has 2 atom stereocenters. The van der Waals surface area contributed by atoms with E-state index in [1.165, 1.54) is 0 Å². The normalized spacial score (nSPS) is 24.6. The molecule has 4 amide bonds. The predicted octanol–water partition coefficient (Wildman–Crippen LogP) is 1.90. The number of ether oxygens (including phenoxy) is 1. The highest BCUT2D eigenvalue weighted by atomic mass is 16.5. The number of nitrogens with one attached hydrogen (secondary N) is 2. The summed E-state index contributed by atoms with van der Waals surface area (Å²) in [6.07, 6.45) is 1.90. The molecule has 0 spiro atoms. The average molecular weight is 381 g/mol. The summed E-state index contributed by atoms with van der Waals surface area (Å²) >= 11 is 0. The van der Waals surface area contributed by atoms with Crippen molar-refractivity contribution in [2.45, 2.75) is 31.4 Å². The topological polar surface area (TPSA) is 87.7 Å². The van der Waals surface area contributed by atoms with E-state index < -0.39 is 17.5 Å². The maximum Gasteiger partial charge on any atom is 0.325 e. The van der Waals surface area contributed by atoms with Crippen molar-refractivity contribution in [2.24, 2.45) is 0 Å². The maximum absolute atomic E-state index is 13.1. The van der Waals surface area contributed by atoms with Crippen LogP contribution in [0.1, 0.15) is 25.3 Å². The molecule has 28 heavy (non-hydrogen) atoms. The largest absolute Gasteiger partial charge is 0.376 e. The summed E-state index contributed by atoms with van der Waals surface area (Å²) in [7, 11) is 0. The third kappa shape index (κ3) is 3.22. The fourth-order valence-electron chi connectivity index (χ4n) is 3.92. The molecular weight excluding hydrogens is 358 g/mol. The van der Waals surface area contributed by atoms with Gasteiger partial charge in [0.25, 0.3) is 5.91 Å². The van der Waals surface area contributed by atoms with Gasteiger partial charge in [-0.05, 0) is 36.1 Å². The number of carbonyl (C=O) groups excluding carboxylic acids is 3. The van der Waals surface area contributed by atoms with Crippen molar-refractivity contribution in [3.05, 3.63) is 48.0 Å². The lowest BCUT2D eigenvalue weighted by Gasteiger charge is -2.24. The number of benzene rings is 2. The molecule has 2 aromatic carbocycles. The van der Waals surface area contributed by atoms with E-state index in [2.05, 4.69) is 10.6 Å². The van der Waals surface area contributed by atoms with Crippen molar-refractivity contribution in [3.8, 4) is 0 Å². The number of rotatable bonds is 5. The maximum atomic E-state index is 13.1. The minimum Gasteiger partial charge on any atom is -0.376 e. The summed E-state index contributed by atoms with van der Waals surface area (Å²) in [5.41, 5.74) is -0.501. The molecule has 0 bridgehead atoms. The first-order valence-corrected chi connectivity index (χ1v) is 9.50. The van der Waals surface area contributed by atoms with Crippen LogP contribution >= 0.6 is 0 Å². The second-order valence-electron chi connectivity index (χ2n) is 7.41. The summed E-state index contributed by atoms with van der Waals surface area (Å²) in [5, 5.41) is 7.40. The van der Waals surface area contributed by atoms with E-state index in [-0.39, 0.29) is 18.6 Å². The molecule has 2 N–H and O–H groups in total. The number of hydrogen-bond acceptors (Lipinski definition) is 4. The Morgan fingerprint density at radius 3 is 2.82 bits per heavy atom. The molecule has 2 aromatic rings. The Labute approximate surface area is 163 Å². The molecule has 2 aliphatic heterocycles. The van der Waals surface area contributed by atoms with Gasteiger partial charge in [0.05, 0.1) is 6.10 Å². The molecule has 4 rings (SSSR count). The molecule has 146 valence electrons. The van der Waals surface area contributed by atoms with E-state index in [0.717, 1.165) is 28.5 Å². The van der Waals surface area contributed by atoms with Crippen molar-refractivity contribution in [2.75, 3.05) is 19.7 Å². The Kier molecular flexibility index (Phi) is 4.77. The Balaban J connectivity index is 1.52. The number of fused-ring (bicyclic) bond motifs is 1. The lowest BCUT2D eigenvalue weighted by molar-refractivity contribution is -0.134. The molecule has 2 heterocycles. The zero-order valence-corrected chi connectivity index (χ0v) is 15.7. The third-order valence-electron chi connectivity index (χ3n) is 5.46. The van der Waals surface area contributed by atoms with Gasteiger partial charge in [-0.1, -0.05) is 42.5 Å². The molecule has 2 saturated heterocycles. The molecule has 0 aliphatic carbocycles. The van der Waals surface area contributed by atoms with E-state index in [4.69, 9.17) is 4.74 Å². The molecule has 0 unspecified atom stereocenters. The molecule has 0 radical (unpaired) electrons. The second-order valence-corrected chi connectivity index (χ2v) is 7.41. The van der Waals surface area contributed by atoms with Crippen LogP contribution in [0.25, 0.3) is 10.8 Å². The Hall–Kier alpha value is -2.93. The van der Waals surface area contributed by atoms with Gasteiger partial charge in [0.2, 0.25) is 5.91 Å². The molecule has 0 aromatic heterocycles. The summed E-state index contributed by atoms with van der Waals surface area (Å²) in [6.45, 7) is 2.47. The van der Waals surface area contributed by atoms with Gasteiger partial charge >= 0.3 is 6.03 Å². The van der Waals surface area contributed by atoms with E-state index in [1.54, 1.807) is 6.92 Å². The first-order valence-electron chi connectivity index (χ1n) is 9.50. The number of carbonyl (C=O) groups is 3. The molecule has 7 heteroatoms. The average Bonchev–Trinajstić information content (AvgIpc) is 3.29. The Morgan fingerprint density at radius 2 is 2.04 bits per heavy atom. The quantitative estimate of drug-likeness (QED) is 0.775. The van der Waals surface area contributed by atoms with Crippen molar-refractivity contribution < 1.29 is 19.1 Å². The van der Waals surface area contributed by atoms with Crippen molar-refractivity contribution in [1.82, 2.24) is 15.5 Å². The number of amides is 4. The summed E-state index contributed by atoms with van der Waals surface area (Å²) in [6, 6.07) is 12.8. The summed E-state index contributed by atoms with van der Waals surface area (Å²) < 4.78 is 5.47. The third-order valence-corrected chi connectivity index (χ3v) is 5.46. The van der Waals surface area contributed by atoms with Gasteiger partial charge in [-0.15, -0.1) is 0 Å². The van der Waals surface area contributed by atoms with Gasteiger partial charge in [0, 0.05) is 13.2 Å². The standard InChI is InChI=1S/C21H23N3O4/c1-21(17-10-4-7-14-6-2-3-9-16(14)17)19(26)24(20(27)23-21)13-18(25)22-12-15-8-5-11-28-15/h2-4,6-7,9-10,15H,5,8,11-13H2,1H3,(H,22,25)(H,23,27)/t15-,21+/m1/s1. The van der Waals surface area contributed by atoms with E-state index >= 15 is 0 Å². The van der Waals surface area contributed by atoms with E-state index in [9.17, 15) is 14.4 Å². The summed E-state index contributed by atoms with van der Waals surface area (Å²) in [4.78, 5) is 38.9. The molecule has 7 nitrogen and oxygen atoms in total. The van der Waals surface area contributed by atoms with Crippen LogP contribution in [0.3, 0.4) is 0 Å². The van der Waals surface area contributed by atoms with Crippen LogP contribution in [0.15, 0.2) is 42.5 Å². The van der Waals surface area contributed by atoms with Crippen molar-refractivity contribution >= 4 is 28.6 Å². The monoisotopic (exact) mass is 381 g/mol. The minimum absolute atomic E-state index is 0.00741. The van der Waals surface area contributed by atoms with Crippen molar-refractivity contribution in [3.63, 3.8) is 0 Å². The van der Waals surface area contributed by atoms with E-state index in [0.29, 0.717) is 18.7 Å². The van der Waals surface area contributed by atoms with Gasteiger partial charge < -0.3 is 15.4 Å². The van der Waals surface area contributed by atoms with Crippen molar-refractivity contribution in [1.29, 1.82) is 0 Å². The fraction of sp³-hybridized carbons (Fsp3) is 0.381. The molecule has 2 fully saturated rings. The SMILES string of the molecule is C[C@@]1(c2cccc3ccccc23)NC(=O)N(CC(=O)NC[C@H]2CCCO2)C1=O. The van der Waals surface area contributed by atoms with Crippen LogP contribution in [0.5, 0.6) is 0 Å². The number of imide groups is 1. The fourth-order valence-corrected chi connectivity index (χ4v) is 3.92. The second kappa shape index (κ2) is 7.24. The highest BCUT2D eigenvalue weighted by Gasteiger charge is 2.50. The van der Waals surface area contributed by atoms with Crippen LogP contribution in [-0.2, 0) is 19.9 Å². The van der Waals surface area contributed by atoms with Gasteiger partial charge in [-0.3, -0.25) is 14.5 Å². The molecule has 0 saturated carbocycles. The highest BCUT2D eigenvalue weighted by molar-refractivity contribution is 6.10. The van der Waals surface area contributed by atoms with Gasteiger partial charge in [-0.2, -0.15) is 0 Å². The predicted molar refractivity (Wildman–Crippen MR) is 104 cm³/mol. The lowest BCUT2D eigenvalue weighted by atomic mass is 9.88. The zero-order chi connectivity index (χ0) is 19.7. The van der Waals surface area contributed by atoms with Crippen LogP contribution in [0.2, 0.25) is 0 Å². The summed E-state index contributed by atoms with van der Waals surface area (Å²) in [5.74, 6) is -0.803. The van der Waals surface area contributed by atoms with Crippen LogP contribution in [0, 0.1) is 0 Å². The molecular formula is C21H23N3O4. The van der Waals surface area contributed by atoms with Crippen LogP contribution in [0.4, 0.5) is 4.79 Å². The van der Waals surface area contributed by atoms with Gasteiger partial charge in [0.15, 0.2) is 0 Å². The number of nitrogens with zero attached hydrogens (tertiary/aromatic N) is 1. The first kappa shape index (κ1) is 18.4. The van der Waals surface area contributed by atoms with Gasteiger partial charge in [-0.25, -0.2) is 4.79 Å². The van der Waals surface area contributed by atoms with Crippen LogP contribution in [-0.4, -0.2) is 48.5 Å². The minimum atomic E-state index is -1.22. The Morgan fingerprint density at radius 1 is 1.25 bits per heavy atom. The van der Waals surface area contributed by atoms with Crippen LogP contribution < -0.4 is 10.6 Å². The number of urea groups is 1.